The first-order valence-corrected chi connectivity index (χ1v) is 8.05. The highest BCUT2D eigenvalue weighted by molar-refractivity contribution is 5.89. The van der Waals surface area contributed by atoms with Gasteiger partial charge in [0.1, 0.15) is 5.75 Å². The van der Waals surface area contributed by atoms with Crippen molar-refractivity contribution >= 4 is 10.8 Å². The predicted octanol–water partition coefficient (Wildman–Crippen LogP) is 4.94. The minimum Gasteiger partial charge on any atom is -0.492 e. The van der Waals surface area contributed by atoms with Gasteiger partial charge in [-0.25, -0.2) is 0 Å². The van der Waals surface area contributed by atoms with Crippen molar-refractivity contribution in [2.24, 2.45) is 5.92 Å². The SMILES string of the molecule is CCNC(C)c1ccc2ccccc2c1OCC(C)CC. The van der Waals surface area contributed by atoms with Crippen LogP contribution in [-0.4, -0.2) is 13.2 Å². The summed E-state index contributed by atoms with van der Waals surface area (Å²) in [5, 5.41) is 5.94. The van der Waals surface area contributed by atoms with Gasteiger partial charge in [-0.1, -0.05) is 63.6 Å². The van der Waals surface area contributed by atoms with Crippen LogP contribution >= 0.6 is 0 Å². The second kappa shape index (κ2) is 7.46. The second-order valence-electron chi connectivity index (χ2n) is 5.81. The monoisotopic (exact) mass is 285 g/mol. The summed E-state index contributed by atoms with van der Waals surface area (Å²) in [7, 11) is 0. The molecule has 21 heavy (non-hydrogen) atoms. The number of nitrogens with one attached hydrogen (secondary N) is 1. The fraction of sp³-hybridized carbons (Fsp3) is 0.474. The van der Waals surface area contributed by atoms with E-state index in [0.29, 0.717) is 12.0 Å². The summed E-state index contributed by atoms with van der Waals surface area (Å²) in [6.45, 7) is 10.5. The van der Waals surface area contributed by atoms with Crippen molar-refractivity contribution in [3.05, 3.63) is 42.0 Å². The topological polar surface area (TPSA) is 21.3 Å². The van der Waals surface area contributed by atoms with E-state index in [0.717, 1.165) is 25.3 Å². The quantitative estimate of drug-likeness (QED) is 0.778. The van der Waals surface area contributed by atoms with Crippen LogP contribution < -0.4 is 10.1 Å². The summed E-state index contributed by atoms with van der Waals surface area (Å²) in [5.41, 5.74) is 1.25. The van der Waals surface area contributed by atoms with Crippen molar-refractivity contribution < 1.29 is 4.74 Å². The van der Waals surface area contributed by atoms with E-state index in [2.05, 4.69) is 69.4 Å². The van der Waals surface area contributed by atoms with Crippen LogP contribution in [0, 0.1) is 5.92 Å². The summed E-state index contributed by atoms with van der Waals surface area (Å²) >= 11 is 0. The molecule has 114 valence electrons. The van der Waals surface area contributed by atoms with Gasteiger partial charge in [0.15, 0.2) is 0 Å². The standard InChI is InChI=1S/C19H27NO/c1-5-14(3)13-21-19-17(15(4)20-6-2)12-11-16-9-7-8-10-18(16)19/h7-12,14-15,20H,5-6,13H2,1-4H3. The van der Waals surface area contributed by atoms with Crippen LogP contribution in [-0.2, 0) is 0 Å². The fourth-order valence-corrected chi connectivity index (χ4v) is 2.52. The Bertz CT molecular complexity index is 579. The number of hydrogen-bond acceptors (Lipinski definition) is 2. The van der Waals surface area contributed by atoms with Crippen molar-refractivity contribution in [3.8, 4) is 5.75 Å². The molecule has 0 saturated carbocycles. The van der Waals surface area contributed by atoms with Crippen molar-refractivity contribution in [2.45, 2.75) is 40.2 Å². The average Bonchev–Trinajstić information content (AvgIpc) is 2.52. The van der Waals surface area contributed by atoms with E-state index in [1.54, 1.807) is 0 Å². The maximum absolute atomic E-state index is 6.23. The molecule has 0 fully saturated rings. The molecule has 2 heteroatoms. The predicted molar refractivity (Wildman–Crippen MR) is 91.0 cm³/mol. The summed E-state index contributed by atoms with van der Waals surface area (Å²) in [6.07, 6.45) is 1.14. The normalized spacial score (nSPS) is 14.1. The number of rotatable bonds is 7. The minimum atomic E-state index is 0.298. The molecular weight excluding hydrogens is 258 g/mol. The first kappa shape index (κ1) is 15.8. The molecule has 0 aliphatic carbocycles. The van der Waals surface area contributed by atoms with Crippen LogP contribution in [0.4, 0.5) is 0 Å². The van der Waals surface area contributed by atoms with Crippen LogP contribution in [0.3, 0.4) is 0 Å². The number of hydrogen-bond donors (Lipinski definition) is 1. The van der Waals surface area contributed by atoms with Crippen LogP contribution in [0.2, 0.25) is 0 Å². The van der Waals surface area contributed by atoms with Gasteiger partial charge in [0.25, 0.3) is 0 Å². The van der Waals surface area contributed by atoms with Crippen molar-refractivity contribution in [2.75, 3.05) is 13.2 Å². The molecule has 2 aromatic rings. The Morgan fingerprint density at radius 3 is 2.52 bits per heavy atom. The van der Waals surface area contributed by atoms with Gasteiger partial charge in [-0.3, -0.25) is 0 Å². The smallest absolute Gasteiger partial charge is 0.131 e. The summed E-state index contributed by atoms with van der Waals surface area (Å²) < 4.78 is 6.23. The third kappa shape index (κ3) is 3.76. The van der Waals surface area contributed by atoms with Gasteiger partial charge in [0.05, 0.1) is 6.61 Å². The van der Waals surface area contributed by atoms with Gasteiger partial charge < -0.3 is 10.1 Å². The summed E-state index contributed by atoms with van der Waals surface area (Å²) in [4.78, 5) is 0. The third-order valence-corrected chi connectivity index (χ3v) is 4.10. The van der Waals surface area contributed by atoms with Crippen LogP contribution in [0.25, 0.3) is 10.8 Å². The average molecular weight is 285 g/mol. The molecule has 0 aliphatic heterocycles. The maximum atomic E-state index is 6.23. The van der Waals surface area contributed by atoms with E-state index in [1.807, 2.05) is 0 Å². The molecule has 0 saturated heterocycles. The largest absolute Gasteiger partial charge is 0.492 e. The lowest BCUT2D eigenvalue weighted by Crippen LogP contribution is -2.19. The van der Waals surface area contributed by atoms with Crippen LogP contribution in [0.5, 0.6) is 5.75 Å². The van der Waals surface area contributed by atoms with Crippen LogP contribution in [0.15, 0.2) is 36.4 Å². The van der Waals surface area contributed by atoms with Crippen molar-refractivity contribution in [1.82, 2.24) is 5.32 Å². The van der Waals surface area contributed by atoms with Gasteiger partial charge in [0, 0.05) is 17.0 Å². The molecule has 0 bridgehead atoms. The van der Waals surface area contributed by atoms with Gasteiger partial charge >= 0.3 is 0 Å². The van der Waals surface area contributed by atoms with E-state index in [-0.39, 0.29) is 0 Å². The van der Waals surface area contributed by atoms with E-state index in [4.69, 9.17) is 4.74 Å². The molecule has 0 aliphatic rings. The molecular formula is C19H27NO. The lowest BCUT2D eigenvalue weighted by Gasteiger charge is -2.21. The third-order valence-electron chi connectivity index (χ3n) is 4.10. The Hall–Kier alpha value is -1.54. The molecule has 2 rings (SSSR count). The highest BCUT2D eigenvalue weighted by Gasteiger charge is 2.15. The Labute approximate surface area is 128 Å². The molecule has 2 unspecified atom stereocenters. The van der Waals surface area contributed by atoms with Gasteiger partial charge in [0.2, 0.25) is 0 Å². The molecule has 1 N–H and O–H groups in total. The van der Waals surface area contributed by atoms with Gasteiger partial charge in [-0.15, -0.1) is 0 Å². The van der Waals surface area contributed by atoms with Gasteiger partial charge in [-0.05, 0) is 24.8 Å². The van der Waals surface area contributed by atoms with E-state index < -0.39 is 0 Å². The zero-order chi connectivity index (χ0) is 15.2. The highest BCUT2D eigenvalue weighted by Crippen LogP contribution is 2.34. The molecule has 2 nitrogen and oxygen atoms in total. The number of fused-ring (bicyclic) bond motifs is 1. The Morgan fingerprint density at radius 2 is 1.81 bits per heavy atom. The lowest BCUT2D eigenvalue weighted by atomic mass is 10.0. The Kier molecular flexibility index (Phi) is 5.63. The maximum Gasteiger partial charge on any atom is 0.131 e. The van der Waals surface area contributed by atoms with Crippen LogP contribution in [0.1, 0.15) is 45.7 Å². The fourth-order valence-electron chi connectivity index (χ4n) is 2.52. The zero-order valence-corrected chi connectivity index (χ0v) is 13.6. The summed E-state index contributed by atoms with van der Waals surface area (Å²) in [6, 6.07) is 13.1. The Balaban J connectivity index is 2.41. The first-order chi connectivity index (χ1) is 10.2. The summed E-state index contributed by atoms with van der Waals surface area (Å²) in [5.74, 6) is 1.62. The van der Waals surface area contributed by atoms with Crippen molar-refractivity contribution in [3.63, 3.8) is 0 Å². The van der Waals surface area contributed by atoms with E-state index in [1.165, 1.54) is 16.3 Å². The first-order valence-electron chi connectivity index (χ1n) is 8.05. The van der Waals surface area contributed by atoms with E-state index >= 15 is 0 Å². The molecule has 2 atom stereocenters. The Morgan fingerprint density at radius 1 is 1.05 bits per heavy atom. The highest BCUT2D eigenvalue weighted by atomic mass is 16.5. The molecule has 0 amide bonds. The molecule has 0 heterocycles. The minimum absolute atomic E-state index is 0.298. The van der Waals surface area contributed by atoms with Gasteiger partial charge in [-0.2, -0.15) is 0 Å². The lowest BCUT2D eigenvalue weighted by molar-refractivity contribution is 0.255. The van der Waals surface area contributed by atoms with E-state index in [9.17, 15) is 0 Å². The second-order valence-corrected chi connectivity index (χ2v) is 5.81. The van der Waals surface area contributed by atoms with Crippen molar-refractivity contribution in [1.29, 1.82) is 0 Å². The molecule has 2 aromatic carbocycles. The number of benzene rings is 2. The number of ether oxygens (including phenoxy) is 1. The molecule has 0 spiro atoms. The molecule has 0 aromatic heterocycles. The molecule has 0 radical (unpaired) electrons. The zero-order valence-electron chi connectivity index (χ0n) is 13.6.